The van der Waals surface area contributed by atoms with Gasteiger partial charge in [0.25, 0.3) is 0 Å². The van der Waals surface area contributed by atoms with Gasteiger partial charge in [0.2, 0.25) is 0 Å². The molecule has 5 nitrogen and oxygen atoms in total. The van der Waals surface area contributed by atoms with Crippen LogP contribution in [0.15, 0.2) is 29.8 Å². The molecule has 1 unspecified atom stereocenters. The predicted molar refractivity (Wildman–Crippen MR) is 85.5 cm³/mol. The summed E-state index contributed by atoms with van der Waals surface area (Å²) in [5.41, 5.74) is 6.67. The summed E-state index contributed by atoms with van der Waals surface area (Å²) in [6.07, 6.45) is 1.55. The van der Waals surface area contributed by atoms with Crippen molar-refractivity contribution in [3.05, 3.63) is 40.2 Å². The van der Waals surface area contributed by atoms with E-state index < -0.39 is 5.97 Å². The first-order valence-electron chi connectivity index (χ1n) is 6.67. The quantitative estimate of drug-likeness (QED) is 0.829. The largest absolute Gasteiger partial charge is 0.465 e. The summed E-state index contributed by atoms with van der Waals surface area (Å²) in [6.45, 7) is 4.25. The number of carbonyl (C=O) groups excluding carboxylic acids is 1. The molecule has 2 aromatic heterocycles. The third-order valence-electron chi connectivity index (χ3n) is 3.20. The molecule has 0 bridgehead atoms. The van der Waals surface area contributed by atoms with E-state index in [9.17, 15) is 4.79 Å². The van der Waals surface area contributed by atoms with E-state index in [1.807, 2.05) is 11.4 Å². The number of ether oxygens (including phenoxy) is 1. The van der Waals surface area contributed by atoms with Gasteiger partial charge in [-0.1, -0.05) is 19.9 Å². The van der Waals surface area contributed by atoms with E-state index >= 15 is 0 Å². The van der Waals surface area contributed by atoms with E-state index in [-0.39, 0.29) is 6.04 Å². The van der Waals surface area contributed by atoms with Crippen molar-refractivity contribution in [1.82, 2.24) is 4.98 Å². The molecule has 0 aromatic carbocycles. The second-order valence-corrected chi connectivity index (χ2v) is 5.97. The van der Waals surface area contributed by atoms with Crippen LogP contribution >= 0.6 is 11.3 Å². The highest BCUT2D eigenvalue weighted by Gasteiger charge is 2.20. The number of aromatic nitrogens is 1. The number of hydrogen-bond donors (Lipinski definition) is 2. The van der Waals surface area contributed by atoms with E-state index in [0.717, 1.165) is 0 Å². The molecule has 2 aromatic rings. The second-order valence-electron chi connectivity index (χ2n) is 4.99. The molecule has 0 saturated heterocycles. The first kappa shape index (κ1) is 15.3. The first-order chi connectivity index (χ1) is 10.0. The maximum Gasteiger partial charge on any atom is 0.340 e. The van der Waals surface area contributed by atoms with E-state index in [0.29, 0.717) is 23.0 Å². The Morgan fingerprint density at radius 2 is 2.19 bits per heavy atom. The molecule has 6 heteroatoms. The van der Waals surface area contributed by atoms with Crippen molar-refractivity contribution < 1.29 is 9.53 Å². The molecule has 0 radical (unpaired) electrons. The molecule has 0 saturated carbocycles. The molecule has 2 heterocycles. The van der Waals surface area contributed by atoms with Gasteiger partial charge in [-0.3, -0.25) is 0 Å². The highest BCUT2D eigenvalue weighted by molar-refractivity contribution is 7.10. The van der Waals surface area contributed by atoms with Crippen molar-refractivity contribution in [3.8, 4) is 0 Å². The minimum absolute atomic E-state index is 0.0905. The normalized spacial score (nSPS) is 12.2. The van der Waals surface area contributed by atoms with Crippen LogP contribution in [-0.4, -0.2) is 18.1 Å². The summed E-state index contributed by atoms with van der Waals surface area (Å²) in [5, 5.41) is 5.37. The summed E-state index contributed by atoms with van der Waals surface area (Å²) < 4.78 is 4.72. The number of pyridine rings is 1. The lowest BCUT2D eigenvalue weighted by atomic mass is 10.0. The van der Waals surface area contributed by atoms with E-state index in [4.69, 9.17) is 10.5 Å². The number of nitrogen functional groups attached to an aromatic ring is 1. The molecule has 0 aliphatic carbocycles. The minimum Gasteiger partial charge on any atom is -0.465 e. The number of nitrogens with two attached hydrogens (primary N) is 1. The highest BCUT2D eigenvalue weighted by Crippen LogP contribution is 2.31. The standard InChI is InChI=1S/C15H19N3O2S/c1-9(2)13(11-5-4-8-21-11)18-14-12(16)10(6-7-17-14)15(19)20-3/h4-9,13H,16H2,1-3H3,(H,17,18). The van der Waals surface area contributed by atoms with E-state index in [1.54, 1.807) is 23.6 Å². The van der Waals surface area contributed by atoms with Gasteiger partial charge in [-0.2, -0.15) is 0 Å². The summed E-state index contributed by atoms with van der Waals surface area (Å²) in [6, 6.07) is 5.73. The smallest absolute Gasteiger partial charge is 0.340 e. The van der Waals surface area contributed by atoms with Crippen molar-refractivity contribution in [3.63, 3.8) is 0 Å². The van der Waals surface area contributed by atoms with Crippen LogP contribution in [0.1, 0.15) is 35.1 Å². The zero-order chi connectivity index (χ0) is 15.4. The van der Waals surface area contributed by atoms with Crippen LogP contribution in [0.25, 0.3) is 0 Å². The molecule has 3 N–H and O–H groups in total. The SMILES string of the molecule is COC(=O)c1ccnc(NC(c2cccs2)C(C)C)c1N. The zero-order valence-corrected chi connectivity index (χ0v) is 13.1. The number of esters is 1. The van der Waals surface area contributed by atoms with Crippen LogP contribution in [-0.2, 0) is 4.74 Å². The zero-order valence-electron chi connectivity index (χ0n) is 12.3. The molecule has 0 aliphatic rings. The molecular formula is C15H19N3O2S. The van der Waals surface area contributed by atoms with E-state index in [2.05, 4.69) is 30.2 Å². The summed E-state index contributed by atoms with van der Waals surface area (Å²) >= 11 is 1.68. The average molecular weight is 305 g/mol. The number of rotatable bonds is 5. The molecule has 0 aliphatic heterocycles. The number of thiophene rings is 1. The van der Waals surface area contributed by atoms with Crippen LogP contribution in [0, 0.1) is 5.92 Å². The number of anilines is 2. The Morgan fingerprint density at radius 1 is 1.43 bits per heavy atom. The van der Waals surface area contributed by atoms with E-state index in [1.165, 1.54) is 12.0 Å². The molecule has 2 rings (SSSR count). The number of methoxy groups -OCH3 is 1. The lowest BCUT2D eigenvalue weighted by molar-refractivity contribution is 0.0602. The third kappa shape index (κ3) is 3.33. The van der Waals surface area contributed by atoms with Crippen molar-refractivity contribution in [2.45, 2.75) is 19.9 Å². The fraction of sp³-hybridized carbons (Fsp3) is 0.333. The van der Waals surface area contributed by atoms with Gasteiger partial charge < -0.3 is 15.8 Å². The molecule has 112 valence electrons. The fourth-order valence-corrected chi connectivity index (χ4v) is 3.01. The van der Waals surface area contributed by atoms with Crippen LogP contribution < -0.4 is 11.1 Å². The molecular weight excluding hydrogens is 286 g/mol. The van der Waals surface area contributed by atoms with Crippen LogP contribution in [0.2, 0.25) is 0 Å². The number of nitrogens with one attached hydrogen (secondary N) is 1. The topological polar surface area (TPSA) is 77.2 Å². The summed E-state index contributed by atoms with van der Waals surface area (Å²) in [5.74, 6) is 0.395. The van der Waals surface area contributed by atoms with Gasteiger partial charge in [-0.25, -0.2) is 9.78 Å². The van der Waals surface area contributed by atoms with Gasteiger partial charge in [0.1, 0.15) is 0 Å². The maximum absolute atomic E-state index is 11.7. The molecule has 1 atom stereocenters. The molecule has 0 fully saturated rings. The molecule has 0 spiro atoms. The third-order valence-corrected chi connectivity index (χ3v) is 4.16. The Morgan fingerprint density at radius 3 is 2.76 bits per heavy atom. The van der Waals surface area contributed by atoms with Crippen molar-refractivity contribution in [1.29, 1.82) is 0 Å². The van der Waals surface area contributed by atoms with Crippen molar-refractivity contribution in [2.75, 3.05) is 18.2 Å². The minimum atomic E-state index is -0.463. The maximum atomic E-state index is 11.7. The van der Waals surface area contributed by atoms with Gasteiger partial charge in [0, 0.05) is 11.1 Å². The van der Waals surface area contributed by atoms with Crippen LogP contribution in [0.4, 0.5) is 11.5 Å². The number of nitrogens with zero attached hydrogens (tertiary/aromatic N) is 1. The first-order valence-corrected chi connectivity index (χ1v) is 7.55. The Hall–Kier alpha value is -2.08. The fourth-order valence-electron chi connectivity index (χ4n) is 2.06. The molecule has 0 amide bonds. The summed E-state index contributed by atoms with van der Waals surface area (Å²) in [4.78, 5) is 17.1. The van der Waals surface area contributed by atoms with Crippen molar-refractivity contribution >= 4 is 28.8 Å². The Balaban J connectivity index is 2.32. The van der Waals surface area contributed by atoms with Crippen LogP contribution in [0.5, 0.6) is 0 Å². The van der Waals surface area contributed by atoms with Gasteiger partial charge in [0.05, 0.1) is 24.4 Å². The number of hydrogen-bond acceptors (Lipinski definition) is 6. The highest BCUT2D eigenvalue weighted by atomic mass is 32.1. The monoisotopic (exact) mass is 305 g/mol. The Labute approximate surface area is 128 Å². The lowest BCUT2D eigenvalue weighted by Gasteiger charge is -2.23. The van der Waals surface area contributed by atoms with Gasteiger partial charge in [-0.15, -0.1) is 11.3 Å². The van der Waals surface area contributed by atoms with Crippen LogP contribution in [0.3, 0.4) is 0 Å². The second kappa shape index (κ2) is 6.58. The Kier molecular flexibility index (Phi) is 4.80. The predicted octanol–water partition coefficient (Wildman–Crippen LogP) is 3.32. The van der Waals surface area contributed by atoms with Gasteiger partial charge >= 0.3 is 5.97 Å². The number of carbonyl (C=O) groups is 1. The van der Waals surface area contributed by atoms with Gasteiger partial charge in [-0.05, 0) is 23.4 Å². The average Bonchev–Trinajstić information content (AvgIpc) is 2.98. The lowest BCUT2D eigenvalue weighted by Crippen LogP contribution is -2.18. The Bertz CT molecular complexity index is 611. The molecule has 21 heavy (non-hydrogen) atoms. The summed E-state index contributed by atoms with van der Waals surface area (Å²) in [7, 11) is 1.33. The van der Waals surface area contributed by atoms with Crippen molar-refractivity contribution in [2.24, 2.45) is 5.92 Å². The van der Waals surface area contributed by atoms with Gasteiger partial charge in [0.15, 0.2) is 5.82 Å².